The zero-order chi connectivity index (χ0) is 14.8. The van der Waals surface area contributed by atoms with Crippen LogP contribution in [0.1, 0.15) is 25.8 Å². The van der Waals surface area contributed by atoms with E-state index in [1.165, 1.54) is 5.56 Å². The Labute approximate surface area is 147 Å². The van der Waals surface area contributed by atoms with Gasteiger partial charge in [0.2, 0.25) is 0 Å². The number of nitrogens with one attached hydrogen (secondary N) is 1. The molecule has 2 aliphatic heterocycles. The minimum absolute atomic E-state index is 0. The second-order valence-corrected chi connectivity index (χ2v) is 6.90. The highest BCUT2D eigenvalue weighted by molar-refractivity contribution is 9.10. The molecule has 1 aromatic carbocycles. The first kappa shape index (κ1) is 17.9. The van der Waals surface area contributed by atoms with Crippen molar-refractivity contribution in [3.8, 4) is 11.5 Å². The van der Waals surface area contributed by atoms with Gasteiger partial charge < -0.3 is 14.8 Å². The molecule has 2 aliphatic rings. The van der Waals surface area contributed by atoms with Crippen LogP contribution in [-0.4, -0.2) is 43.3 Å². The molecular formula is C16H24BrClN2O2. The van der Waals surface area contributed by atoms with Crippen molar-refractivity contribution >= 4 is 28.3 Å². The molecule has 6 heteroatoms. The molecule has 0 amide bonds. The van der Waals surface area contributed by atoms with E-state index < -0.39 is 0 Å². The van der Waals surface area contributed by atoms with Crippen LogP contribution in [0.5, 0.6) is 11.5 Å². The fourth-order valence-corrected chi connectivity index (χ4v) is 3.53. The van der Waals surface area contributed by atoms with Crippen LogP contribution in [0.4, 0.5) is 0 Å². The average molecular weight is 392 g/mol. The first-order valence-electron chi connectivity index (χ1n) is 7.69. The molecule has 2 heterocycles. The first-order chi connectivity index (χ1) is 10.1. The summed E-state index contributed by atoms with van der Waals surface area (Å²) in [6.07, 6.45) is 0.933. The van der Waals surface area contributed by atoms with E-state index in [0.29, 0.717) is 12.1 Å². The summed E-state index contributed by atoms with van der Waals surface area (Å²) in [4.78, 5) is 2.52. The number of hydrogen-bond donors (Lipinski definition) is 1. The molecule has 2 unspecified atom stereocenters. The fourth-order valence-electron chi connectivity index (χ4n) is 2.93. The Balaban J connectivity index is 0.00000176. The Hall–Kier alpha value is -0.490. The van der Waals surface area contributed by atoms with Crippen molar-refractivity contribution in [1.29, 1.82) is 0 Å². The molecule has 0 aromatic heterocycles. The number of ether oxygens (including phenoxy) is 2. The predicted octanol–water partition coefficient (Wildman–Crippen LogP) is 3.21. The number of fused-ring (bicyclic) bond motifs is 1. The van der Waals surface area contributed by atoms with Gasteiger partial charge in [0.05, 0.1) is 17.7 Å². The van der Waals surface area contributed by atoms with E-state index in [1.807, 2.05) is 0 Å². The lowest BCUT2D eigenvalue weighted by Crippen LogP contribution is -2.53. The minimum atomic E-state index is 0. The molecule has 2 atom stereocenters. The molecule has 3 rings (SSSR count). The minimum Gasteiger partial charge on any atom is -0.490 e. The van der Waals surface area contributed by atoms with E-state index in [4.69, 9.17) is 9.47 Å². The summed E-state index contributed by atoms with van der Waals surface area (Å²) in [7, 11) is 0. The fraction of sp³-hybridized carbons (Fsp3) is 0.625. The van der Waals surface area contributed by atoms with Gasteiger partial charge in [-0.3, -0.25) is 4.90 Å². The summed E-state index contributed by atoms with van der Waals surface area (Å²) >= 11 is 3.62. The van der Waals surface area contributed by atoms with Gasteiger partial charge in [-0.1, -0.05) is 0 Å². The standard InChI is InChI=1S/C16H23BrN2O2.ClH/c1-11-9-19(12(2)8-18-11)10-13-6-14(17)16-15(7-13)20-4-3-5-21-16;/h6-7,11-12,18H,3-5,8-10H2,1-2H3;1H. The van der Waals surface area contributed by atoms with Crippen molar-refractivity contribution in [3.63, 3.8) is 0 Å². The summed E-state index contributed by atoms with van der Waals surface area (Å²) < 4.78 is 12.6. The summed E-state index contributed by atoms with van der Waals surface area (Å²) in [5.41, 5.74) is 1.27. The molecule has 1 N–H and O–H groups in total. The molecule has 1 aromatic rings. The number of rotatable bonds is 2. The molecule has 0 bridgehead atoms. The number of benzene rings is 1. The highest BCUT2D eigenvalue weighted by atomic mass is 79.9. The van der Waals surface area contributed by atoms with Gasteiger partial charge in [0.25, 0.3) is 0 Å². The van der Waals surface area contributed by atoms with Gasteiger partial charge in [-0.05, 0) is 47.5 Å². The summed E-state index contributed by atoms with van der Waals surface area (Å²) in [5.74, 6) is 1.71. The van der Waals surface area contributed by atoms with E-state index >= 15 is 0 Å². The van der Waals surface area contributed by atoms with Crippen LogP contribution in [0.3, 0.4) is 0 Å². The quantitative estimate of drug-likeness (QED) is 0.839. The van der Waals surface area contributed by atoms with Gasteiger partial charge in [-0.25, -0.2) is 0 Å². The van der Waals surface area contributed by atoms with Gasteiger partial charge in [-0.15, -0.1) is 12.4 Å². The molecule has 124 valence electrons. The van der Waals surface area contributed by atoms with Crippen LogP contribution < -0.4 is 14.8 Å². The average Bonchev–Trinajstić information content (AvgIpc) is 2.68. The van der Waals surface area contributed by atoms with E-state index in [-0.39, 0.29) is 12.4 Å². The van der Waals surface area contributed by atoms with Crippen molar-refractivity contribution in [3.05, 3.63) is 22.2 Å². The van der Waals surface area contributed by atoms with Gasteiger partial charge >= 0.3 is 0 Å². The number of halogens is 2. The SMILES string of the molecule is CC1CN(Cc2cc(Br)c3c(c2)OCCCO3)C(C)CN1.Cl. The Morgan fingerprint density at radius 3 is 2.86 bits per heavy atom. The van der Waals surface area contributed by atoms with E-state index in [2.05, 4.69) is 52.1 Å². The molecule has 4 nitrogen and oxygen atoms in total. The van der Waals surface area contributed by atoms with Crippen molar-refractivity contribution in [2.24, 2.45) is 0 Å². The van der Waals surface area contributed by atoms with Crippen molar-refractivity contribution < 1.29 is 9.47 Å². The topological polar surface area (TPSA) is 33.7 Å². The Morgan fingerprint density at radius 2 is 2.05 bits per heavy atom. The monoisotopic (exact) mass is 390 g/mol. The maximum Gasteiger partial charge on any atom is 0.175 e. The Morgan fingerprint density at radius 1 is 1.27 bits per heavy atom. The van der Waals surface area contributed by atoms with Crippen molar-refractivity contribution in [2.45, 2.75) is 38.9 Å². The number of nitrogens with zero attached hydrogens (tertiary/aromatic N) is 1. The van der Waals surface area contributed by atoms with Gasteiger partial charge in [0.1, 0.15) is 0 Å². The third-order valence-corrected chi connectivity index (χ3v) is 4.73. The highest BCUT2D eigenvalue weighted by Gasteiger charge is 2.23. The lowest BCUT2D eigenvalue weighted by molar-refractivity contribution is 0.138. The third-order valence-electron chi connectivity index (χ3n) is 4.14. The number of piperazine rings is 1. The molecule has 0 aliphatic carbocycles. The summed E-state index contributed by atoms with van der Waals surface area (Å²) in [5, 5.41) is 3.52. The molecule has 0 radical (unpaired) electrons. The smallest absolute Gasteiger partial charge is 0.175 e. The molecule has 22 heavy (non-hydrogen) atoms. The lowest BCUT2D eigenvalue weighted by Gasteiger charge is -2.37. The molecule has 0 spiro atoms. The van der Waals surface area contributed by atoms with Gasteiger partial charge in [0, 0.05) is 38.1 Å². The molecule has 0 saturated carbocycles. The number of hydrogen-bond acceptors (Lipinski definition) is 4. The zero-order valence-corrected chi connectivity index (χ0v) is 15.5. The van der Waals surface area contributed by atoms with Crippen LogP contribution >= 0.6 is 28.3 Å². The molecular weight excluding hydrogens is 368 g/mol. The van der Waals surface area contributed by atoms with Crippen molar-refractivity contribution in [1.82, 2.24) is 10.2 Å². The van der Waals surface area contributed by atoms with Crippen LogP contribution in [0.2, 0.25) is 0 Å². The van der Waals surface area contributed by atoms with Crippen LogP contribution in [0.15, 0.2) is 16.6 Å². The lowest BCUT2D eigenvalue weighted by atomic mass is 10.1. The highest BCUT2D eigenvalue weighted by Crippen LogP contribution is 2.38. The molecule has 1 saturated heterocycles. The summed E-state index contributed by atoms with van der Waals surface area (Å²) in [6, 6.07) is 5.39. The maximum absolute atomic E-state index is 5.82. The first-order valence-corrected chi connectivity index (χ1v) is 8.48. The largest absolute Gasteiger partial charge is 0.490 e. The molecule has 1 fully saturated rings. The van der Waals surface area contributed by atoms with Crippen LogP contribution in [-0.2, 0) is 6.54 Å². The zero-order valence-electron chi connectivity index (χ0n) is 13.1. The van der Waals surface area contributed by atoms with Gasteiger partial charge in [0.15, 0.2) is 11.5 Å². The second-order valence-electron chi connectivity index (χ2n) is 6.04. The van der Waals surface area contributed by atoms with Crippen molar-refractivity contribution in [2.75, 3.05) is 26.3 Å². The van der Waals surface area contributed by atoms with Crippen LogP contribution in [0.25, 0.3) is 0 Å². The Kier molecular flexibility index (Phi) is 6.38. The Bertz CT molecular complexity index is 515. The normalized spacial score (nSPS) is 25.2. The predicted molar refractivity (Wildman–Crippen MR) is 94.3 cm³/mol. The summed E-state index contributed by atoms with van der Waals surface area (Å²) in [6.45, 7) is 9.03. The second kappa shape index (κ2) is 7.86. The van der Waals surface area contributed by atoms with E-state index in [1.54, 1.807) is 0 Å². The third kappa shape index (κ3) is 4.07. The van der Waals surface area contributed by atoms with E-state index in [0.717, 1.165) is 55.2 Å². The van der Waals surface area contributed by atoms with E-state index in [9.17, 15) is 0 Å². The van der Waals surface area contributed by atoms with Crippen LogP contribution in [0, 0.1) is 0 Å². The van der Waals surface area contributed by atoms with Gasteiger partial charge in [-0.2, -0.15) is 0 Å². The maximum atomic E-state index is 5.82.